The zero-order chi connectivity index (χ0) is 13.6. The van der Waals surface area contributed by atoms with Gasteiger partial charge in [0.1, 0.15) is 12.4 Å². The Morgan fingerprint density at radius 1 is 1.56 bits per heavy atom. The zero-order valence-corrected chi connectivity index (χ0v) is 10.9. The molecule has 98 valence electrons. The lowest BCUT2D eigenvalue weighted by atomic mass is 9.51. The summed E-state index contributed by atoms with van der Waals surface area (Å²) >= 11 is 0. The molecule has 4 atom stereocenters. The van der Waals surface area contributed by atoms with E-state index in [-0.39, 0.29) is 17.5 Å². The maximum atomic E-state index is 12.2. The van der Waals surface area contributed by atoms with Crippen molar-refractivity contribution < 1.29 is 14.7 Å². The molecule has 0 heterocycles. The van der Waals surface area contributed by atoms with Crippen LogP contribution in [0.2, 0.25) is 0 Å². The first-order valence-electron chi connectivity index (χ1n) is 6.50. The van der Waals surface area contributed by atoms with Crippen LogP contribution in [-0.2, 0) is 9.59 Å². The molecular formula is C14H19NO3. The van der Waals surface area contributed by atoms with Crippen molar-refractivity contribution in [1.29, 1.82) is 5.26 Å². The average molecular weight is 249 g/mol. The van der Waals surface area contributed by atoms with Crippen LogP contribution in [0.1, 0.15) is 39.5 Å². The van der Waals surface area contributed by atoms with Crippen molar-refractivity contribution in [2.45, 2.75) is 39.5 Å². The number of ketones is 2. The maximum Gasteiger partial charge on any atom is 0.165 e. The number of Topliss-reactive ketones (excluding diaryl/α,β-unsaturated/α-hetero) is 2. The Kier molecular flexibility index (Phi) is 3.06. The molecule has 0 amide bonds. The fraction of sp³-hybridized carbons (Fsp3) is 0.786. The van der Waals surface area contributed by atoms with Crippen LogP contribution in [0.5, 0.6) is 0 Å². The van der Waals surface area contributed by atoms with E-state index in [0.29, 0.717) is 19.3 Å². The summed E-state index contributed by atoms with van der Waals surface area (Å²) in [6, 6.07) is 2.31. The Bertz CT molecular complexity index is 439. The van der Waals surface area contributed by atoms with E-state index < -0.39 is 23.4 Å². The third kappa shape index (κ3) is 1.47. The quantitative estimate of drug-likeness (QED) is 0.804. The highest BCUT2D eigenvalue weighted by Crippen LogP contribution is 2.60. The van der Waals surface area contributed by atoms with Gasteiger partial charge in [-0.3, -0.25) is 9.59 Å². The van der Waals surface area contributed by atoms with Gasteiger partial charge in [0, 0.05) is 17.8 Å². The van der Waals surface area contributed by atoms with Crippen LogP contribution in [-0.4, -0.2) is 23.3 Å². The second-order valence-electron chi connectivity index (χ2n) is 5.97. The first-order valence-corrected chi connectivity index (χ1v) is 6.50. The number of aliphatic hydroxyl groups is 1. The van der Waals surface area contributed by atoms with Gasteiger partial charge >= 0.3 is 0 Å². The Morgan fingerprint density at radius 3 is 2.78 bits per heavy atom. The lowest BCUT2D eigenvalue weighted by Crippen LogP contribution is -2.53. The molecule has 0 bridgehead atoms. The maximum absolute atomic E-state index is 12.2. The molecular weight excluding hydrogens is 230 g/mol. The van der Waals surface area contributed by atoms with Gasteiger partial charge < -0.3 is 5.11 Å². The normalized spacial score (nSPS) is 43.3. The standard InChI is InChI=1S/C14H19NO3/c1-9-3-5-14(8-15)6-4-10(17)12(14)13(9,2)11(18)7-16/h9,12,16H,3-7H2,1-2H3/t9-,12+,13+,14+/m1/s1. The van der Waals surface area contributed by atoms with Crippen molar-refractivity contribution in [3.8, 4) is 6.07 Å². The van der Waals surface area contributed by atoms with Crippen LogP contribution in [0, 0.1) is 34.0 Å². The van der Waals surface area contributed by atoms with Crippen LogP contribution in [0.15, 0.2) is 0 Å². The number of carbonyl (C=O) groups is 2. The molecule has 0 aromatic heterocycles. The van der Waals surface area contributed by atoms with E-state index in [0.717, 1.165) is 6.42 Å². The lowest BCUT2D eigenvalue weighted by molar-refractivity contribution is -0.150. The van der Waals surface area contributed by atoms with Crippen LogP contribution < -0.4 is 0 Å². The number of hydrogen-bond donors (Lipinski definition) is 1. The highest BCUT2D eigenvalue weighted by Gasteiger charge is 2.63. The monoisotopic (exact) mass is 249 g/mol. The highest BCUT2D eigenvalue weighted by molar-refractivity contribution is 5.95. The van der Waals surface area contributed by atoms with E-state index >= 15 is 0 Å². The van der Waals surface area contributed by atoms with Crippen molar-refractivity contribution in [2.24, 2.45) is 22.7 Å². The third-order valence-corrected chi connectivity index (χ3v) is 5.31. The van der Waals surface area contributed by atoms with Gasteiger partial charge in [-0.2, -0.15) is 5.26 Å². The molecule has 4 nitrogen and oxygen atoms in total. The molecule has 0 aromatic carbocycles. The summed E-state index contributed by atoms with van der Waals surface area (Å²) in [6.45, 7) is 3.15. The first-order chi connectivity index (χ1) is 8.42. The first kappa shape index (κ1) is 13.2. The van der Waals surface area contributed by atoms with Gasteiger partial charge in [0.15, 0.2) is 5.78 Å². The zero-order valence-electron chi connectivity index (χ0n) is 10.9. The SMILES string of the molecule is C[C@@H]1CC[C@@]2(C#N)CCC(=O)[C@H]2[C@]1(C)C(=O)CO. The van der Waals surface area contributed by atoms with Crippen LogP contribution in [0.25, 0.3) is 0 Å². The number of rotatable bonds is 2. The van der Waals surface area contributed by atoms with Crippen LogP contribution in [0.3, 0.4) is 0 Å². The van der Waals surface area contributed by atoms with Crippen molar-refractivity contribution in [2.75, 3.05) is 6.61 Å². The van der Waals surface area contributed by atoms with Gasteiger partial charge in [0.2, 0.25) is 0 Å². The summed E-state index contributed by atoms with van der Waals surface area (Å²) in [4.78, 5) is 24.3. The molecule has 2 aliphatic rings. The Hall–Kier alpha value is -1.21. The predicted octanol–water partition coefficient (Wildman–Crippen LogP) is 1.47. The Balaban J connectivity index is 2.53. The summed E-state index contributed by atoms with van der Waals surface area (Å²) < 4.78 is 0. The van der Waals surface area contributed by atoms with E-state index in [4.69, 9.17) is 0 Å². The van der Waals surface area contributed by atoms with Crippen LogP contribution >= 0.6 is 0 Å². The molecule has 0 saturated heterocycles. The van der Waals surface area contributed by atoms with Crippen molar-refractivity contribution in [3.63, 3.8) is 0 Å². The fourth-order valence-electron chi connectivity index (χ4n) is 3.96. The van der Waals surface area contributed by atoms with Gasteiger partial charge in [-0.1, -0.05) is 13.8 Å². The molecule has 2 saturated carbocycles. The van der Waals surface area contributed by atoms with E-state index in [2.05, 4.69) is 6.07 Å². The van der Waals surface area contributed by atoms with Gasteiger partial charge in [-0.05, 0) is 25.2 Å². The highest BCUT2D eigenvalue weighted by atomic mass is 16.3. The minimum absolute atomic E-state index is 0.0207. The number of nitriles is 1. The second kappa shape index (κ2) is 4.17. The molecule has 0 spiro atoms. The number of fused-ring (bicyclic) bond motifs is 1. The van der Waals surface area contributed by atoms with Crippen molar-refractivity contribution >= 4 is 11.6 Å². The largest absolute Gasteiger partial charge is 0.389 e. The summed E-state index contributed by atoms with van der Waals surface area (Å²) in [5, 5.41) is 18.7. The van der Waals surface area contributed by atoms with E-state index in [1.807, 2.05) is 6.92 Å². The number of aliphatic hydroxyl groups excluding tert-OH is 1. The molecule has 2 aliphatic carbocycles. The molecule has 0 aromatic rings. The van der Waals surface area contributed by atoms with Gasteiger partial charge in [0.25, 0.3) is 0 Å². The van der Waals surface area contributed by atoms with Crippen molar-refractivity contribution in [3.05, 3.63) is 0 Å². The molecule has 0 radical (unpaired) electrons. The molecule has 0 unspecified atom stereocenters. The third-order valence-electron chi connectivity index (χ3n) is 5.31. The molecule has 1 N–H and O–H groups in total. The minimum atomic E-state index is -0.879. The van der Waals surface area contributed by atoms with Gasteiger partial charge in [0.05, 0.1) is 11.5 Å². The summed E-state index contributed by atoms with van der Waals surface area (Å²) in [7, 11) is 0. The predicted molar refractivity (Wildman–Crippen MR) is 64.4 cm³/mol. The molecule has 2 rings (SSSR count). The summed E-state index contributed by atoms with van der Waals surface area (Å²) in [5.74, 6) is -0.772. The van der Waals surface area contributed by atoms with Gasteiger partial charge in [-0.15, -0.1) is 0 Å². The number of carbonyl (C=O) groups excluding carboxylic acids is 2. The molecule has 2 fully saturated rings. The van der Waals surface area contributed by atoms with E-state index in [1.165, 1.54) is 0 Å². The second-order valence-corrected chi connectivity index (χ2v) is 5.97. The summed E-state index contributed by atoms with van der Waals surface area (Å²) in [5.41, 5.74) is -1.56. The molecule has 18 heavy (non-hydrogen) atoms. The van der Waals surface area contributed by atoms with E-state index in [1.54, 1.807) is 6.92 Å². The van der Waals surface area contributed by atoms with E-state index in [9.17, 15) is 20.0 Å². The summed E-state index contributed by atoms with van der Waals surface area (Å²) in [6.07, 6.45) is 2.40. The number of nitrogens with zero attached hydrogens (tertiary/aromatic N) is 1. The topological polar surface area (TPSA) is 78.2 Å². The molecule has 4 heteroatoms. The van der Waals surface area contributed by atoms with Crippen molar-refractivity contribution in [1.82, 2.24) is 0 Å². The van der Waals surface area contributed by atoms with Crippen LogP contribution in [0.4, 0.5) is 0 Å². The minimum Gasteiger partial charge on any atom is -0.389 e. The molecule has 0 aliphatic heterocycles. The lowest BCUT2D eigenvalue weighted by Gasteiger charge is -2.48. The van der Waals surface area contributed by atoms with Gasteiger partial charge in [-0.25, -0.2) is 0 Å². The average Bonchev–Trinajstić information content (AvgIpc) is 2.72. The number of hydrogen-bond acceptors (Lipinski definition) is 4. The Morgan fingerprint density at radius 2 is 2.22 bits per heavy atom. The Labute approximate surface area is 107 Å². The fourth-order valence-corrected chi connectivity index (χ4v) is 3.96. The smallest absolute Gasteiger partial charge is 0.165 e.